The Kier molecular flexibility index (Phi) is 7.08. The summed E-state index contributed by atoms with van der Waals surface area (Å²) in [5.41, 5.74) is 5.16. The second-order valence-electron chi connectivity index (χ2n) is 8.26. The van der Waals surface area contributed by atoms with E-state index in [1.54, 1.807) is 30.3 Å². The fourth-order valence-electron chi connectivity index (χ4n) is 4.35. The van der Waals surface area contributed by atoms with Gasteiger partial charge in [-0.15, -0.1) is 0 Å². The molecular formula is C32H20Br2O2. The third kappa shape index (κ3) is 4.62. The predicted molar refractivity (Wildman–Crippen MR) is 152 cm³/mol. The molecule has 0 aromatic heterocycles. The van der Waals surface area contributed by atoms with Crippen LogP contribution >= 0.6 is 31.9 Å². The van der Waals surface area contributed by atoms with Gasteiger partial charge in [-0.3, -0.25) is 9.59 Å². The summed E-state index contributed by atoms with van der Waals surface area (Å²) in [5.74, 6) is -0.392. The lowest BCUT2D eigenvalue weighted by Crippen LogP contribution is -2.14. The molecule has 174 valence electrons. The monoisotopic (exact) mass is 594 g/mol. The van der Waals surface area contributed by atoms with E-state index in [1.165, 1.54) is 0 Å². The van der Waals surface area contributed by atoms with Crippen molar-refractivity contribution in [2.24, 2.45) is 0 Å². The molecule has 5 aromatic carbocycles. The smallest absolute Gasteiger partial charge is 0.194 e. The quantitative estimate of drug-likeness (QED) is 0.184. The number of hydrogen-bond acceptors (Lipinski definition) is 2. The molecule has 0 saturated heterocycles. The van der Waals surface area contributed by atoms with E-state index in [-0.39, 0.29) is 11.6 Å². The van der Waals surface area contributed by atoms with Crippen molar-refractivity contribution in [2.75, 3.05) is 0 Å². The molecule has 0 spiro atoms. The van der Waals surface area contributed by atoms with E-state index in [1.807, 2.05) is 91.0 Å². The molecule has 0 unspecified atom stereocenters. The Balaban J connectivity index is 1.90. The van der Waals surface area contributed by atoms with Crippen molar-refractivity contribution >= 4 is 43.4 Å². The Morgan fingerprint density at radius 2 is 0.917 bits per heavy atom. The molecule has 0 saturated carbocycles. The molecule has 0 aliphatic heterocycles. The van der Waals surface area contributed by atoms with Crippen molar-refractivity contribution in [2.45, 2.75) is 0 Å². The molecule has 0 aliphatic rings. The third-order valence-electron chi connectivity index (χ3n) is 6.06. The van der Waals surface area contributed by atoms with Gasteiger partial charge in [0.25, 0.3) is 0 Å². The van der Waals surface area contributed by atoms with Crippen LogP contribution in [0.25, 0.3) is 22.3 Å². The Morgan fingerprint density at radius 1 is 0.444 bits per heavy atom. The molecule has 0 bridgehead atoms. The average molecular weight is 596 g/mol. The molecule has 4 heteroatoms. The number of hydrogen-bond donors (Lipinski definition) is 0. The standard InChI is InChI=1S/C32H20Br2O2/c33-27-17-9-7-15-23(27)24-19-20-26(31(35)21-11-3-1-4-12-21)30(32(36)22-13-5-2-6-14-22)29(24)25-16-8-10-18-28(25)34/h1-20H. The molecule has 5 rings (SSSR count). The van der Waals surface area contributed by atoms with Crippen LogP contribution in [0.5, 0.6) is 0 Å². The largest absolute Gasteiger partial charge is 0.289 e. The lowest BCUT2D eigenvalue weighted by atomic mass is 9.82. The first kappa shape index (κ1) is 24.1. The van der Waals surface area contributed by atoms with Gasteiger partial charge in [-0.25, -0.2) is 0 Å². The summed E-state index contributed by atoms with van der Waals surface area (Å²) in [6.07, 6.45) is 0. The van der Waals surface area contributed by atoms with E-state index in [4.69, 9.17) is 0 Å². The molecular weight excluding hydrogens is 576 g/mol. The van der Waals surface area contributed by atoms with Crippen LogP contribution in [-0.2, 0) is 0 Å². The molecule has 0 fully saturated rings. The van der Waals surface area contributed by atoms with Crippen LogP contribution in [0, 0.1) is 0 Å². The van der Waals surface area contributed by atoms with Crippen molar-refractivity contribution in [1.82, 2.24) is 0 Å². The minimum absolute atomic E-state index is 0.193. The normalized spacial score (nSPS) is 10.7. The summed E-state index contributed by atoms with van der Waals surface area (Å²) in [6, 6.07) is 37.6. The Bertz CT molecular complexity index is 1580. The number of benzene rings is 5. The first-order valence-corrected chi connectivity index (χ1v) is 13.0. The topological polar surface area (TPSA) is 34.1 Å². The fourth-order valence-corrected chi connectivity index (χ4v) is 5.34. The molecule has 5 aromatic rings. The maximum absolute atomic E-state index is 14.2. The zero-order chi connectivity index (χ0) is 25.1. The predicted octanol–water partition coefficient (Wildman–Crippen LogP) is 9.01. The van der Waals surface area contributed by atoms with E-state index in [9.17, 15) is 9.59 Å². The fraction of sp³-hybridized carbons (Fsp3) is 0. The minimum Gasteiger partial charge on any atom is -0.289 e. The van der Waals surface area contributed by atoms with Crippen molar-refractivity contribution in [3.8, 4) is 22.3 Å². The Hall–Kier alpha value is -3.60. The molecule has 2 nitrogen and oxygen atoms in total. The van der Waals surface area contributed by atoms with Crippen LogP contribution in [0.4, 0.5) is 0 Å². The summed E-state index contributed by atoms with van der Waals surface area (Å²) in [5, 5.41) is 0. The van der Waals surface area contributed by atoms with Gasteiger partial charge < -0.3 is 0 Å². The molecule has 0 atom stereocenters. The number of ketones is 2. The lowest BCUT2D eigenvalue weighted by molar-refractivity contribution is 0.100. The molecule has 0 radical (unpaired) electrons. The van der Waals surface area contributed by atoms with Gasteiger partial charge >= 0.3 is 0 Å². The van der Waals surface area contributed by atoms with Gasteiger partial charge in [0.05, 0.1) is 0 Å². The highest BCUT2D eigenvalue weighted by molar-refractivity contribution is 9.11. The summed E-state index contributed by atoms with van der Waals surface area (Å²) in [4.78, 5) is 28.0. The molecule has 0 N–H and O–H groups in total. The van der Waals surface area contributed by atoms with Crippen molar-refractivity contribution in [1.29, 1.82) is 0 Å². The number of carbonyl (C=O) groups excluding carboxylic acids is 2. The minimum atomic E-state index is -0.200. The Labute approximate surface area is 226 Å². The molecule has 36 heavy (non-hydrogen) atoms. The second-order valence-corrected chi connectivity index (χ2v) is 9.97. The highest BCUT2D eigenvalue weighted by Crippen LogP contribution is 2.43. The van der Waals surface area contributed by atoms with Crippen LogP contribution in [0.2, 0.25) is 0 Å². The van der Waals surface area contributed by atoms with Crippen LogP contribution in [0.3, 0.4) is 0 Å². The van der Waals surface area contributed by atoms with E-state index >= 15 is 0 Å². The lowest BCUT2D eigenvalue weighted by Gasteiger charge is -2.20. The first-order valence-electron chi connectivity index (χ1n) is 11.4. The number of rotatable bonds is 6. The number of carbonyl (C=O) groups is 2. The highest BCUT2D eigenvalue weighted by atomic mass is 79.9. The van der Waals surface area contributed by atoms with Crippen LogP contribution in [0.15, 0.2) is 130 Å². The van der Waals surface area contributed by atoms with Gasteiger partial charge in [0.15, 0.2) is 11.6 Å². The summed E-state index contributed by atoms with van der Waals surface area (Å²) in [6.45, 7) is 0. The van der Waals surface area contributed by atoms with Gasteiger partial charge in [0, 0.05) is 36.8 Å². The second kappa shape index (κ2) is 10.6. The summed E-state index contributed by atoms with van der Waals surface area (Å²) in [7, 11) is 0. The van der Waals surface area contributed by atoms with Crippen molar-refractivity contribution in [3.63, 3.8) is 0 Å². The SMILES string of the molecule is O=C(c1ccccc1)c1ccc(-c2ccccc2Br)c(-c2ccccc2Br)c1C(=O)c1ccccc1. The summed E-state index contributed by atoms with van der Waals surface area (Å²) >= 11 is 7.38. The van der Waals surface area contributed by atoms with Gasteiger partial charge in [-0.2, -0.15) is 0 Å². The first-order chi connectivity index (χ1) is 17.6. The van der Waals surface area contributed by atoms with Crippen LogP contribution in [-0.4, -0.2) is 11.6 Å². The third-order valence-corrected chi connectivity index (χ3v) is 7.44. The van der Waals surface area contributed by atoms with Gasteiger partial charge in [-0.05, 0) is 34.9 Å². The Morgan fingerprint density at radius 3 is 1.47 bits per heavy atom. The molecule has 0 heterocycles. The maximum Gasteiger partial charge on any atom is 0.194 e. The van der Waals surface area contributed by atoms with E-state index in [0.717, 1.165) is 25.6 Å². The molecule has 0 amide bonds. The van der Waals surface area contributed by atoms with E-state index in [0.29, 0.717) is 27.8 Å². The van der Waals surface area contributed by atoms with Crippen molar-refractivity contribution < 1.29 is 9.59 Å². The maximum atomic E-state index is 14.2. The van der Waals surface area contributed by atoms with E-state index in [2.05, 4.69) is 31.9 Å². The van der Waals surface area contributed by atoms with Crippen LogP contribution in [0.1, 0.15) is 31.8 Å². The van der Waals surface area contributed by atoms with Crippen molar-refractivity contribution in [3.05, 3.63) is 153 Å². The molecule has 0 aliphatic carbocycles. The number of halogens is 2. The van der Waals surface area contributed by atoms with Gasteiger partial charge in [-0.1, -0.05) is 135 Å². The summed E-state index contributed by atoms with van der Waals surface area (Å²) < 4.78 is 1.74. The zero-order valence-corrected chi connectivity index (χ0v) is 22.3. The van der Waals surface area contributed by atoms with Crippen LogP contribution < -0.4 is 0 Å². The van der Waals surface area contributed by atoms with E-state index < -0.39 is 0 Å². The van der Waals surface area contributed by atoms with Gasteiger partial charge in [0.2, 0.25) is 0 Å². The zero-order valence-electron chi connectivity index (χ0n) is 19.1. The highest BCUT2D eigenvalue weighted by Gasteiger charge is 2.27. The van der Waals surface area contributed by atoms with Gasteiger partial charge in [0.1, 0.15) is 0 Å². The average Bonchev–Trinajstić information content (AvgIpc) is 2.93.